The van der Waals surface area contributed by atoms with Gasteiger partial charge < -0.3 is 0 Å². The van der Waals surface area contributed by atoms with Crippen molar-refractivity contribution in [3.8, 4) is 0 Å². The van der Waals surface area contributed by atoms with Crippen molar-refractivity contribution in [3.05, 3.63) is 29.8 Å². The van der Waals surface area contributed by atoms with Crippen LogP contribution in [0.3, 0.4) is 0 Å². The van der Waals surface area contributed by atoms with E-state index in [-0.39, 0.29) is 11.5 Å². The second-order valence-corrected chi connectivity index (χ2v) is 9.36. The van der Waals surface area contributed by atoms with E-state index in [4.69, 9.17) is 0 Å². The van der Waals surface area contributed by atoms with Gasteiger partial charge in [0.2, 0.25) is 10.0 Å². The zero-order valence-electron chi connectivity index (χ0n) is 13.2. The predicted octanol–water partition coefficient (Wildman–Crippen LogP) is 3.58. The molecule has 1 aliphatic carbocycles. The first-order chi connectivity index (χ1) is 9.79. The number of benzene rings is 1. The molecule has 3 rings (SSSR count). The van der Waals surface area contributed by atoms with Crippen LogP contribution in [0.25, 0.3) is 0 Å². The Kier molecular flexibility index (Phi) is 3.65. The number of rotatable bonds is 2. The minimum atomic E-state index is -3.35. The van der Waals surface area contributed by atoms with Crippen LogP contribution >= 0.6 is 0 Å². The molecular formula is C17H25NO2S. The molecule has 0 amide bonds. The fourth-order valence-corrected chi connectivity index (χ4v) is 5.84. The van der Waals surface area contributed by atoms with E-state index < -0.39 is 10.0 Å². The number of sulfonamides is 1. The van der Waals surface area contributed by atoms with E-state index in [0.717, 1.165) is 24.8 Å². The monoisotopic (exact) mass is 307 g/mol. The summed E-state index contributed by atoms with van der Waals surface area (Å²) in [6, 6.07) is 7.45. The van der Waals surface area contributed by atoms with Crippen LogP contribution in [0, 0.1) is 18.3 Å². The van der Waals surface area contributed by atoms with E-state index in [2.05, 4.69) is 13.8 Å². The topological polar surface area (TPSA) is 37.4 Å². The average Bonchev–Trinajstić information content (AvgIpc) is 2.72. The van der Waals surface area contributed by atoms with Gasteiger partial charge in [-0.3, -0.25) is 0 Å². The second kappa shape index (κ2) is 5.10. The fraction of sp³-hybridized carbons (Fsp3) is 0.647. The van der Waals surface area contributed by atoms with Crippen molar-refractivity contribution in [1.82, 2.24) is 4.31 Å². The first kappa shape index (κ1) is 15.0. The maximum Gasteiger partial charge on any atom is 0.243 e. The number of piperidine rings is 1. The molecule has 3 nitrogen and oxygen atoms in total. The van der Waals surface area contributed by atoms with Gasteiger partial charge in [0.1, 0.15) is 0 Å². The molecule has 0 unspecified atom stereocenters. The Balaban J connectivity index is 1.93. The maximum absolute atomic E-state index is 13.0. The Labute approximate surface area is 128 Å². The summed E-state index contributed by atoms with van der Waals surface area (Å²) in [6.07, 6.45) is 4.30. The molecule has 4 heteroatoms. The van der Waals surface area contributed by atoms with E-state index in [0.29, 0.717) is 17.4 Å². The van der Waals surface area contributed by atoms with Crippen LogP contribution in [0.4, 0.5) is 0 Å². The summed E-state index contributed by atoms with van der Waals surface area (Å²) in [4.78, 5) is 0.443. The molecule has 0 radical (unpaired) electrons. The number of fused-ring (bicyclic) bond motifs is 1. The third kappa shape index (κ3) is 2.76. The molecule has 1 aliphatic heterocycles. The first-order valence-corrected chi connectivity index (χ1v) is 9.32. The van der Waals surface area contributed by atoms with Crippen molar-refractivity contribution in [1.29, 1.82) is 0 Å². The van der Waals surface area contributed by atoms with Crippen LogP contribution in [0.2, 0.25) is 0 Å². The smallest absolute Gasteiger partial charge is 0.207 e. The first-order valence-electron chi connectivity index (χ1n) is 7.88. The molecule has 2 aliphatic rings. The summed E-state index contributed by atoms with van der Waals surface area (Å²) < 4.78 is 27.7. The molecule has 1 aromatic carbocycles. The van der Waals surface area contributed by atoms with Crippen molar-refractivity contribution in [2.75, 3.05) is 6.54 Å². The lowest BCUT2D eigenvalue weighted by Gasteiger charge is -2.36. The molecule has 2 fully saturated rings. The Morgan fingerprint density at radius 3 is 2.48 bits per heavy atom. The molecule has 1 saturated carbocycles. The standard InChI is InChI=1S/C17H25NO2S/c1-13-6-8-15(9-7-13)21(19,20)18-10-4-5-14-11-17(2,3)12-16(14)18/h6-9,14,16H,4-5,10-12H2,1-3H3/t14-,16+/m0/s1. The summed E-state index contributed by atoms with van der Waals surface area (Å²) in [7, 11) is -3.35. The van der Waals surface area contributed by atoms with Crippen LogP contribution in [-0.2, 0) is 10.0 Å². The van der Waals surface area contributed by atoms with Crippen molar-refractivity contribution >= 4 is 10.0 Å². The van der Waals surface area contributed by atoms with Crippen LogP contribution < -0.4 is 0 Å². The molecule has 1 heterocycles. The second-order valence-electron chi connectivity index (χ2n) is 7.47. The van der Waals surface area contributed by atoms with Gasteiger partial charge in [-0.05, 0) is 56.1 Å². The van der Waals surface area contributed by atoms with Crippen LogP contribution in [0.5, 0.6) is 0 Å². The summed E-state index contributed by atoms with van der Waals surface area (Å²) in [5, 5.41) is 0. The molecule has 0 N–H and O–H groups in total. The number of nitrogens with zero attached hydrogens (tertiary/aromatic N) is 1. The van der Waals surface area contributed by atoms with E-state index in [1.165, 1.54) is 6.42 Å². The SMILES string of the molecule is Cc1ccc(S(=O)(=O)N2CCC[C@H]3CC(C)(C)C[C@H]32)cc1. The highest BCUT2D eigenvalue weighted by atomic mass is 32.2. The minimum Gasteiger partial charge on any atom is -0.207 e. The molecule has 0 spiro atoms. The van der Waals surface area contributed by atoms with Gasteiger partial charge in [0.25, 0.3) is 0 Å². The van der Waals surface area contributed by atoms with Crippen LogP contribution in [0.1, 0.15) is 45.1 Å². The van der Waals surface area contributed by atoms with E-state index in [1.54, 1.807) is 16.4 Å². The van der Waals surface area contributed by atoms with Gasteiger partial charge in [-0.1, -0.05) is 31.5 Å². The maximum atomic E-state index is 13.0. The minimum absolute atomic E-state index is 0.194. The molecule has 116 valence electrons. The number of hydrogen-bond acceptors (Lipinski definition) is 2. The quantitative estimate of drug-likeness (QED) is 0.837. The van der Waals surface area contributed by atoms with Gasteiger partial charge in [0, 0.05) is 12.6 Å². The van der Waals surface area contributed by atoms with E-state index >= 15 is 0 Å². The molecule has 2 atom stereocenters. The highest BCUT2D eigenvalue weighted by molar-refractivity contribution is 7.89. The lowest BCUT2D eigenvalue weighted by molar-refractivity contribution is 0.201. The van der Waals surface area contributed by atoms with Gasteiger partial charge >= 0.3 is 0 Å². The molecule has 1 saturated heterocycles. The van der Waals surface area contributed by atoms with E-state index in [9.17, 15) is 8.42 Å². The molecule has 0 aromatic heterocycles. The zero-order chi connectivity index (χ0) is 15.3. The van der Waals surface area contributed by atoms with Gasteiger partial charge in [-0.2, -0.15) is 4.31 Å². The van der Waals surface area contributed by atoms with Crippen molar-refractivity contribution in [2.45, 2.75) is 57.4 Å². The average molecular weight is 307 g/mol. The van der Waals surface area contributed by atoms with Crippen molar-refractivity contribution < 1.29 is 8.42 Å². The third-order valence-corrected chi connectivity index (χ3v) is 7.01. The summed E-state index contributed by atoms with van der Waals surface area (Å²) in [5.41, 5.74) is 1.35. The van der Waals surface area contributed by atoms with Gasteiger partial charge in [0.05, 0.1) is 4.90 Å². The summed E-state index contributed by atoms with van der Waals surface area (Å²) in [6.45, 7) is 7.18. The van der Waals surface area contributed by atoms with Crippen LogP contribution in [-0.4, -0.2) is 25.3 Å². The van der Waals surface area contributed by atoms with Crippen molar-refractivity contribution in [2.24, 2.45) is 11.3 Å². The number of aryl methyl sites for hydroxylation is 1. The lowest BCUT2D eigenvalue weighted by Crippen LogP contribution is -2.46. The fourth-order valence-electron chi connectivity index (χ4n) is 4.11. The summed E-state index contributed by atoms with van der Waals surface area (Å²) >= 11 is 0. The molecule has 21 heavy (non-hydrogen) atoms. The number of hydrogen-bond donors (Lipinski definition) is 0. The molecule has 0 bridgehead atoms. The Hall–Kier alpha value is -0.870. The Bertz CT molecular complexity index is 619. The predicted molar refractivity (Wildman–Crippen MR) is 84.6 cm³/mol. The summed E-state index contributed by atoms with van der Waals surface area (Å²) in [5.74, 6) is 0.536. The third-order valence-electron chi connectivity index (χ3n) is 5.07. The van der Waals surface area contributed by atoms with Crippen molar-refractivity contribution in [3.63, 3.8) is 0 Å². The normalized spacial score (nSPS) is 29.3. The Morgan fingerprint density at radius 1 is 1.14 bits per heavy atom. The largest absolute Gasteiger partial charge is 0.243 e. The zero-order valence-corrected chi connectivity index (χ0v) is 14.0. The molecule has 1 aromatic rings. The van der Waals surface area contributed by atoms with E-state index in [1.807, 2.05) is 19.1 Å². The Morgan fingerprint density at radius 2 is 1.81 bits per heavy atom. The highest BCUT2D eigenvalue weighted by Gasteiger charge is 2.47. The van der Waals surface area contributed by atoms with Crippen LogP contribution in [0.15, 0.2) is 29.2 Å². The highest BCUT2D eigenvalue weighted by Crippen LogP contribution is 2.48. The van der Waals surface area contributed by atoms with Gasteiger partial charge in [0.15, 0.2) is 0 Å². The molecular weight excluding hydrogens is 282 g/mol. The lowest BCUT2D eigenvalue weighted by atomic mass is 9.89. The van der Waals surface area contributed by atoms with Gasteiger partial charge in [-0.25, -0.2) is 8.42 Å². The van der Waals surface area contributed by atoms with Gasteiger partial charge in [-0.15, -0.1) is 0 Å².